The number of carbonyl (C=O) groups is 3. The third-order valence-corrected chi connectivity index (χ3v) is 4.07. The molecule has 0 N–H and O–H groups in total. The van der Waals surface area contributed by atoms with Gasteiger partial charge >= 0.3 is 5.97 Å². The fourth-order valence-electron chi connectivity index (χ4n) is 2.99. The van der Waals surface area contributed by atoms with Crippen molar-refractivity contribution >= 4 is 23.7 Å². The van der Waals surface area contributed by atoms with Crippen molar-refractivity contribution in [2.24, 2.45) is 11.3 Å². The highest BCUT2D eigenvalue weighted by Gasteiger charge is 2.74. The molecule has 1 aliphatic carbocycles. The predicted molar refractivity (Wildman–Crippen MR) is 75.1 cm³/mol. The van der Waals surface area contributed by atoms with E-state index in [0.29, 0.717) is 11.8 Å². The number of ketones is 1. The van der Waals surface area contributed by atoms with E-state index in [0.717, 1.165) is 0 Å². The first-order valence-corrected chi connectivity index (χ1v) is 6.79. The zero-order chi connectivity index (χ0) is 16.5. The van der Waals surface area contributed by atoms with Crippen LogP contribution < -0.4 is 0 Å². The minimum absolute atomic E-state index is 0.100. The quantitative estimate of drug-likeness (QED) is 0.260. The molecule has 0 unspecified atom stereocenters. The number of esters is 1. The van der Waals surface area contributed by atoms with Gasteiger partial charge in [0.25, 0.3) is 5.69 Å². The maximum absolute atomic E-state index is 12.2. The van der Waals surface area contributed by atoms with Crippen LogP contribution in [0.5, 0.6) is 0 Å². The molecule has 1 aromatic carbocycles. The molecule has 0 heterocycles. The van der Waals surface area contributed by atoms with Gasteiger partial charge in [0.05, 0.1) is 11.5 Å². The summed E-state index contributed by atoms with van der Waals surface area (Å²) >= 11 is 0. The highest BCUT2D eigenvalue weighted by Crippen LogP contribution is 2.65. The van der Waals surface area contributed by atoms with E-state index in [4.69, 9.17) is 4.74 Å². The standard InChI is InChI=1S/C15H15NO6/c1-3-22-14(19)15(9(2)18)12(8-17)13(15)10-4-6-11(7-5-10)16(20)21/h4-8,12-13H,3H2,1-2H3/t12-,13-,15+/m1/s1. The summed E-state index contributed by atoms with van der Waals surface area (Å²) < 4.78 is 4.95. The van der Waals surface area contributed by atoms with Crippen LogP contribution in [0.3, 0.4) is 0 Å². The lowest BCUT2D eigenvalue weighted by molar-refractivity contribution is -0.384. The largest absolute Gasteiger partial charge is 0.465 e. The Morgan fingerprint density at radius 3 is 2.36 bits per heavy atom. The van der Waals surface area contributed by atoms with Crippen molar-refractivity contribution < 1.29 is 24.0 Å². The van der Waals surface area contributed by atoms with Crippen LogP contribution in [0.15, 0.2) is 24.3 Å². The molecule has 116 valence electrons. The second-order valence-electron chi connectivity index (χ2n) is 5.13. The zero-order valence-electron chi connectivity index (χ0n) is 12.1. The molecule has 7 nitrogen and oxygen atoms in total. The number of benzene rings is 1. The lowest BCUT2D eigenvalue weighted by Gasteiger charge is -2.12. The summed E-state index contributed by atoms with van der Waals surface area (Å²) in [6, 6.07) is 5.49. The zero-order valence-corrected chi connectivity index (χ0v) is 12.1. The van der Waals surface area contributed by atoms with Crippen molar-refractivity contribution in [3.8, 4) is 0 Å². The fourth-order valence-corrected chi connectivity index (χ4v) is 2.99. The van der Waals surface area contributed by atoms with Gasteiger partial charge in [0.2, 0.25) is 0 Å². The third kappa shape index (κ3) is 2.18. The Labute approximate surface area is 126 Å². The van der Waals surface area contributed by atoms with Crippen molar-refractivity contribution in [3.05, 3.63) is 39.9 Å². The lowest BCUT2D eigenvalue weighted by atomic mass is 9.94. The predicted octanol–water partition coefficient (Wildman–Crippen LogP) is 1.65. The number of ether oxygens (including phenoxy) is 1. The molecule has 22 heavy (non-hydrogen) atoms. The van der Waals surface area contributed by atoms with Crippen LogP contribution in [0.1, 0.15) is 25.3 Å². The molecule has 0 saturated heterocycles. The van der Waals surface area contributed by atoms with Crippen molar-refractivity contribution in [2.45, 2.75) is 19.8 Å². The van der Waals surface area contributed by atoms with E-state index >= 15 is 0 Å². The van der Waals surface area contributed by atoms with Gasteiger partial charge in [-0.25, -0.2) is 0 Å². The van der Waals surface area contributed by atoms with Gasteiger partial charge in [-0.2, -0.15) is 0 Å². The van der Waals surface area contributed by atoms with Crippen molar-refractivity contribution in [2.75, 3.05) is 6.61 Å². The van der Waals surface area contributed by atoms with E-state index in [-0.39, 0.29) is 12.3 Å². The van der Waals surface area contributed by atoms with Gasteiger partial charge in [0.15, 0.2) is 0 Å². The molecule has 0 spiro atoms. The van der Waals surface area contributed by atoms with E-state index in [1.54, 1.807) is 6.92 Å². The van der Waals surface area contributed by atoms with Gasteiger partial charge in [0.1, 0.15) is 17.5 Å². The van der Waals surface area contributed by atoms with Crippen LogP contribution in [-0.4, -0.2) is 29.6 Å². The van der Waals surface area contributed by atoms with Gasteiger partial charge < -0.3 is 9.53 Å². The van der Waals surface area contributed by atoms with Gasteiger partial charge in [-0.15, -0.1) is 0 Å². The fraction of sp³-hybridized carbons (Fsp3) is 0.400. The normalized spacial score (nSPS) is 26.1. The van der Waals surface area contributed by atoms with Crippen molar-refractivity contribution in [3.63, 3.8) is 0 Å². The minimum atomic E-state index is -1.51. The summed E-state index contributed by atoms with van der Waals surface area (Å²) in [7, 11) is 0. The van der Waals surface area contributed by atoms with Gasteiger partial charge in [-0.1, -0.05) is 12.1 Å². The van der Waals surface area contributed by atoms with Crippen molar-refractivity contribution in [1.29, 1.82) is 0 Å². The molecule has 1 aromatic rings. The molecular weight excluding hydrogens is 290 g/mol. The average Bonchev–Trinajstić information content (AvgIpc) is 3.18. The number of Topliss-reactive ketones (excluding diaryl/α,β-unsaturated/α-hetero) is 1. The number of nitrogens with zero attached hydrogens (tertiary/aromatic N) is 1. The molecule has 0 aromatic heterocycles. The topological polar surface area (TPSA) is 104 Å². The van der Waals surface area contributed by atoms with Crippen LogP contribution in [0.2, 0.25) is 0 Å². The first-order chi connectivity index (χ1) is 10.4. The molecule has 0 amide bonds. The summed E-state index contributed by atoms with van der Waals surface area (Å²) in [5, 5.41) is 10.7. The maximum atomic E-state index is 12.2. The Morgan fingerprint density at radius 1 is 1.36 bits per heavy atom. The molecule has 1 aliphatic rings. The van der Waals surface area contributed by atoms with Gasteiger partial charge in [0, 0.05) is 24.0 Å². The molecule has 0 radical (unpaired) electrons. The highest BCUT2D eigenvalue weighted by atomic mass is 16.6. The van der Waals surface area contributed by atoms with E-state index < -0.39 is 33.9 Å². The number of non-ortho nitro benzene ring substituents is 1. The number of aldehydes is 1. The van der Waals surface area contributed by atoms with E-state index in [2.05, 4.69) is 0 Å². The van der Waals surface area contributed by atoms with E-state index in [1.807, 2.05) is 0 Å². The molecule has 1 saturated carbocycles. The number of nitro benzene ring substituents is 1. The summed E-state index contributed by atoms with van der Waals surface area (Å²) in [5.41, 5.74) is -1.07. The number of hydrogen-bond acceptors (Lipinski definition) is 6. The van der Waals surface area contributed by atoms with Gasteiger partial charge in [-0.05, 0) is 19.4 Å². The lowest BCUT2D eigenvalue weighted by Crippen LogP contribution is -2.30. The van der Waals surface area contributed by atoms with Crippen LogP contribution >= 0.6 is 0 Å². The summed E-state index contributed by atoms with van der Waals surface area (Å²) in [5.74, 6) is -2.60. The molecule has 2 rings (SSSR count). The Morgan fingerprint density at radius 2 is 1.95 bits per heavy atom. The van der Waals surface area contributed by atoms with Crippen molar-refractivity contribution in [1.82, 2.24) is 0 Å². The molecular formula is C15H15NO6. The highest BCUT2D eigenvalue weighted by molar-refractivity contribution is 6.11. The first-order valence-electron chi connectivity index (χ1n) is 6.79. The Hall–Kier alpha value is -2.57. The van der Waals surface area contributed by atoms with E-state index in [9.17, 15) is 24.5 Å². The molecule has 0 bridgehead atoms. The minimum Gasteiger partial charge on any atom is -0.465 e. The Bertz CT molecular complexity index is 638. The number of hydrogen-bond donors (Lipinski definition) is 0. The monoisotopic (exact) mass is 305 g/mol. The molecule has 7 heteroatoms. The Balaban J connectivity index is 2.41. The van der Waals surface area contributed by atoms with Gasteiger partial charge in [-0.3, -0.25) is 19.7 Å². The maximum Gasteiger partial charge on any atom is 0.321 e. The van der Waals surface area contributed by atoms with Crippen LogP contribution in [0.4, 0.5) is 5.69 Å². The number of nitro groups is 1. The average molecular weight is 305 g/mol. The summed E-state index contributed by atoms with van der Waals surface area (Å²) in [6.45, 7) is 2.97. The van der Waals surface area contributed by atoms with Crippen LogP contribution in [0, 0.1) is 21.4 Å². The molecule has 3 atom stereocenters. The number of rotatable bonds is 6. The first kappa shape index (κ1) is 15.8. The molecule has 0 aliphatic heterocycles. The van der Waals surface area contributed by atoms with E-state index in [1.165, 1.54) is 31.2 Å². The second kappa shape index (κ2) is 5.67. The Kier molecular flexibility index (Phi) is 4.07. The molecule has 1 fully saturated rings. The summed E-state index contributed by atoms with van der Waals surface area (Å²) in [6.07, 6.45) is 0.574. The third-order valence-electron chi connectivity index (χ3n) is 4.07. The SMILES string of the molecule is CCOC(=O)[C@@]1(C(C)=O)[C@H](C=O)[C@H]1c1ccc([N+](=O)[O-])cc1. The summed E-state index contributed by atoms with van der Waals surface area (Å²) in [4.78, 5) is 45.6. The smallest absolute Gasteiger partial charge is 0.321 e. The second-order valence-corrected chi connectivity index (χ2v) is 5.13. The number of carbonyl (C=O) groups excluding carboxylic acids is 3. The van der Waals surface area contributed by atoms with Crippen LogP contribution in [-0.2, 0) is 19.1 Å². The van der Waals surface area contributed by atoms with Crippen LogP contribution in [0.25, 0.3) is 0 Å².